The van der Waals surface area contributed by atoms with Gasteiger partial charge in [0.2, 0.25) is 0 Å². The Labute approximate surface area is 141 Å². The van der Waals surface area contributed by atoms with E-state index in [1.165, 1.54) is 13.2 Å². The summed E-state index contributed by atoms with van der Waals surface area (Å²) in [4.78, 5) is 15.6. The van der Waals surface area contributed by atoms with Crippen molar-refractivity contribution in [1.82, 2.24) is 9.55 Å². The lowest BCUT2D eigenvalue weighted by Gasteiger charge is -2.16. The van der Waals surface area contributed by atoms with Crippen molar-refractivity contribution in [2.75, 3.05) is 13.7 Å². The Morgan fingerprint density at radius 1 is 1.43 bits per heavy atom. The van der Waals surface area contributed by atoms with Gasteiger partial charge in [0.1, 0.15) is 23.3 Å². The van der Waals surface area contributed by atoms with Gasteiger partial charge in [0.05, 0.1) is 18.5 Å². The highest BCUT2D eigenvalue weighted by atomic mass is 35.5. The number of benzene rings is 1. The zero-order valence-corrected chi connectivity index (χ0v) is 15.5. The maximum Gasteiger partial charge on any atom is 0.339 e. The van der Waals surface area contributed by atoms with Crippen LogP contribution < -0.4 is 4.74 Å². The van der Waals surface area contributed by atoms with Crippen LogP contribution in [0.4, 0.5) is 0 Å². The van der Waals surface area contributed by atoms with Crippen LogP contribution in [0.15, 0.2) is 12.4 Å². The number of aromatic nitrogens is 2. The summed E-state index contributed by atoms with van der Waals surface area (Å²) in [5.74, 6) is -0.860. The van der Waals surface area contributed by atoms with E-state index in [1.807, 2.05) is 0 Å². The zero-order valence-electron chi connectivity index (χ0n) is 13.7. The van der Waals surface area contributed by atoms with Crippen LogP contribution in [-0.4, -0.2) is 42.4 Å². The Morgan fingerprint density at radius 3 is 2.70 bits per heavy atom. The normalized spacial score (nSPS) is 11.9. The van der Waals surface area contributed by atoms with Gasteiger partial charge in [0.25, 0.3) is 0 Å². The minimum atomic E-state index is -1.16. The Bertz CT molecular complexity index is 724. The molecule has 0 spiro atoms. The molecule has 8 heteroatoms. The van der Waals surface area contributed by atoms with Crippen molar-refractivity contribution < 1.29 is 19.4 Å². The second kappa shape index (κ2) is 6.90. The first kappa shape index (κ1) is 17.8. The van der Waals surface area contributed by atoms with E-state index in [4.69, 9.17) is 21.1 Å². The summed E-state index contributed by atoms with van der Waals surface area (Å²) in [6.45, 7) is 7.78. The predicted molar refractivity (Wildman–Crippen MR) is 92.4 cm³/mol. The van der Waals surface area contributed by atoms with E-state index in [-0.39, 0.29) is 23.1 Å². The van der Waals surface area contributed by atoms with Gasteiger partial charge in [-0.1, -0.05) is 31.2 Å². The van der Waals surface area contributed by atoms with Crippen LogP contribution in [0, 0.1) is 0 Å². The molecule has 0 fully saturated rings. The van der Waals surface area contributed by atoms with E-state index in [9.17, 15) is 9.90 Å². The van der Waals surface area contributed by atoms with E-state index in [0.29, 0.717) is 17.6 Å². The van der Waals surface area contributed by atoms with Crippen LogP contribution in [0.5, 0.6) is 5.75 Å². The topological polar surface area (TPSA) is 73.6 Å². The predicted octanol–water partition coefficient (Wildman–Crippen LogP) is 3.71. The summed E-state index contributed by atoms with van der Waals surface area (Å²) >= 11 is 6.14. The molecule has 0 radical (unpaired) electrons. The number of hydrogen-bond donors (Lipinski definition) is 1. The highest BCUT2D eigenvalue weighted by molar-refractivity contribution is 6.76. The number of fused-ring (bicyclic) bond motifs is 1. The lowest BCUT2D eigenvalue weighted by Crippen LogP contribution is -2.22. The molecular formula is C15H21ClN2O4Si. The van der Waals surface area contributed by atoms with E-state index < -0.39 is 14.0 Å². The smallest absolute Gasteiger partial charge is 0.339 e. The number of hydrogen-bond acceptors (Lipinski definition) is 4. The largest absolute Gasteiger partial charge is 0.494 e. The van der Waals surface area contributed by atoms with Crippen molar-refractivity contribution in [1.29, 1.82) is 0 Å². The molecule has 0 saturated heterocycles. The number of aromatic carboxylic acids is 1. The molecule has 1 aromatic heterocycles. The van der Waals surface area contributed by atoms with Gasteiger partial charge in [-0.15, -0.1) is 0 Å². The van der Waals surface area contributed by atoms with Crippen molar-refractivity contribution >= 4 is 36.7 Å². The Morgan fingerprint density at radius 2 is 2.13 bits per heavy atom. The number of nitrogens with zero attached hydrogens (tertiary/aromatic N) is 2. The molecule has 1 aromatic carbocycles. The van der Waals surface area contributed by atoms with Gasteiger partial charge in [-0.25, -0.2) is 9.78 Å². The van der Waals surface area contributed by atoms with Crippen molar-refractivity contribution in [3.05, 3.63) is 23.0 Å². The number of methoxy groups -OCH3 is 1. The molecule has 0 saturated carbocycles. The van der Waals surface area contributed by atoms with Gasteiger partial charge >= 0.3 is 5.97 Å². The fourth-order valence-corrected chi connectivity index (χ4v) is 3.19. The monoisotopic (exact) mass is 356 g/mol. The SMILES string of the molecule is COc1c(C(=O)O)cc(Cl)c2ncn(COCC[Si](C)(C)C)c12. The third kappa shape index (κ3) is 4.04. The van der Waals surface area contributed by atoms with Crippen molar-refractivity contribution in [3.8, 4) is 5.75 Å². The molecule has 0 atom stereocenters. The van der Waals surface area contributed by atoms with Gasteiger partial charge in [0.15, 0.2) is 5.75 Å². The number of carboxylic acids is 1. The van der Waals surface area contributed by atoms with Gasteiger partial charge < -0.3 is 19.1 Å². The number of carbonyl (C=O) groups is 1. The molecule has 1 N–H and O–H groups in total. The summed E-state index contributed by atoms with van der Waals surface area (Å²) < 4.78 is 12.7. The number of carboxylic acid groups (broad SMARTS) is 1. The molecule has 1 heterocycles. The molecule has 0 unspecified atom stereocenters. The van der Waals surface area contributed by atoms with E-state index in [2.05, 4.69) is 24.6 Å². The lowest BCUT2D eigenvalue weighted by atomic mass is 10.1. The van der Waals surface area contributed by atoms with Crippen LogP contribution in [0.25, 0.3) is 11.0 Å². The van der Waals surface area contributed by atoms with Gasteiger partial charge in [-0.2, -0.15) is 0 Å². The molecule has 0 aliphatic heterocycles. The average Bonchev–Trinajstić information content (AvgIpc) is 2.87. The number of halogens is 1. The second-order valence-electron chi connectivity index (χ2n) is 6.50. The van der Waals surface area contributed by atoms with Crippen molar-refractivity contribution in [2.24, 2.45) is 0 Å². The highest BCUT2D eigenvalue weighted by Gasteiger charge is 2.21. The maximum atomic E-state index is 11.4. The van der Waals surface area contributed by atoms with E-state index >= 15 is 0 Å². The molecule has 0 amide bonds. The van der Waals surface area contributed by atoms with Gasteiger partial charge in [-0.05, 0) is 12.1 Å². The number of imidazole rings is 1. The highest BCUT2D eigenvalue weighted by Crippen LogP contribution is 2.34. The first-order chi connectivity index (χ1) is 10.7. The maximum absolute atomic E-state index is 11.4. The summed E-state index contributed by atoms with van der Waals surface area (Å²) in [7, 11) is 0.272. The summed E-state index contributed by atoms with van der Waals surface area (Å²) in [5, 5.41) is 9.59. The molecule has 23 heavy (non-hydrogen) atoms. The molecule has 0 aliphatic rings. The van der Waals surface area contributed by atoms with Crippen LogP contribution in [0.2, 0.25) is 30.7 Å². The fourth-order valence-electron chi connectivity index (χ4n) is 2.19. The number of rotatable bonds is 7. The molecule has 2 aromatic rings. The standard InChI is InChI=1S/C15H21ClN2O4Si/c1-21-14-10(15(19)20)7-11(16)12-13(14)18(8-17-12)9-22-5-6-23(2,3)4/h7-8H,5-6,9H2,1-4H3,(H,19,20). The Kier molecular flexibility index (Phi) is 5.33. The first-order valence-electron chi connectivity index (χ1n) is 7.27. The van der Waals surface area contributed by atoms with Crippen molar-refractivity contribution in [3.63, 3.8) is 0 Å². The van der Waals surface area contributed by atoms with Gasteiger partial charge in [0, 0.05) is 14.7 Å². The third-order valence-electron chi connectivity index (χ3n) is 3.46. The Hall–Kier alpha value is -1.57. The fraction of sp³-hybridized carbons (Fsp3) is 0.467. The zero-order chi connectivity index (χ0) is 17.2. The summed E-state index contributed by atoms with van der Waals surface area (Å²) in [6.07, 6.45) is 1.58. The molecule has 0 bridgehead atoms. The minimum Gasteiger partial charge on any atom is -0.494 e. The quantitative estimate of drug-likeness (QED) is 0.604. The van der Waals surface area contributed by atoms with Crippen LogP contribution >= 0.6 is 11.6 Å². The second-order valence-corrected chi connectivity index (χ2v) is 12.5. The number of ether oxygens (including phenoxy) is 2. The molecule has 6 nitrogen and oxygen atoms in total. The molecule has 126 valence electrons. The van der Waals surface area contributed by atoms with Gasteiger partial charge in [-0.3, -0.25) is 0 Å². The van der Waals surface area contributed by atoms with E-state index in [1.54, 1.807) is 10.9 Å². The van der Waals surface area contributed by atoms with Crippen molar-refractivity contribution in [2.45, 2.75) is 32.4 Å². The summed E-state index contributed by atoms with van der Waals surface area (Å²) in [5.41, 5.74) is 1.04. The lowest BCUT2D eigenvalue weighted by molar-refractivity contribution is 0.0693. The third-order valence-corrected chi connectivity index (χ3v) is 5.45. The first-order valence-corrected chi connectivity index (χ1v) is 11.4. The summed E-state index contributed by atoms with van der Waals surface area (Å²) in [6, 6.07) is 2.41. The Balaban J connectivity index is 2.32. The van der Waals surface area contributed by atoms with E-state index in [0.717, 1.165) is 6.04 Å². The molecule has 2 rings (SSSR count). The van der Waals surface area contributed by atoms with Crippen LogP contribution in [0.1, 0.15) is 10.4 Å². The minimum absolute atomic E-state index is 0.00819. The van der Waals surface area contributed by atoms with Crippen LogP contribution in [0.3, 0.4) is 0 Å². The molecular weight excluding hydrogens is 336 g/mol. The van der Waals surface area contributed by atoms with Crippen LogP contribution in [-0.2, 0) is 11.5 Å². The average molecular weight is 357 g/mol. The molecule has 0 aliphatic carbocycles.